The summed E-state index contributed by atoms with van der Waals surface area (Å²) in [5.41, 5.74) is 0. The first-order valence-corrected chi connectivity index (χ1v) is 9.24. The predicted molar refractivity (Wildman–Crippen MR) is 87.9 cm³/mol. The normalized spacial score (nSPS) is 23.8. The van der Waals surface area contributed by atoms with Gasteiger partial charge in [0, 0.05) is 20.6 Å². The Kier molecular flexibility index (Phi) is 4.56. The van der Waals surface area contributed by atoms with Gasteiger partial charge in [-0.3, -0.25) is 9.69 Å². The molecule has 136 valence electrons. The van der Waals surface area contributed by atoms with Gasteiger partial charge >= 0.3 is 6.03 Å². The van der Waals surface area contributed by atoms with E-state index in [9.17, 15) is 18.0 Å². The Morgan fingerprint density at radius 2 is 1.88 bits per heavy atom. The standard InChI is InChI=1S/C15H19N3O6S/c1-17-8-13(14(19)18(2)15(17)20)25(21,22)16-7-10-9-23-11-5-3-4-6-12(11)24-10/h3-6,10,13,16H,7-9H2,1-2H3. The fourth-order valence-corrected chi connectivity index (χ4v) is 4.14. The van der Waals surface area contributed by atoms with Crippen LogP contribution in [0.2, 0.25) is 0 Å². The second kappa shape index (κ2) is 6.52. The summed E-state index contributed by atoms with van der Waals surface area (Å²) in [5.74, 6) is 0.393. The lowest BCUT2D eigenvalue weighted by Crippen LogP contribution is -2.60. The molecular formula is C15H19N3O6S. The molecule has 2 unspecified atom stereocenters. The SMILES string of the molecule is CN1CC(S(=O)(=O)NCC2COc3ccccc3O2)C(=O)N(C)C1=O. The van der Waals surface area contributed by atoms with Crippen molar-refractivity contribution >= 4 is 22.0 Å². The average molecular weight is 369 g/mol. The maximum absolute atomic E-state index is 12.5. The van der Waals surface area contributed by atoms with E-state index in [2.05, 4.69) is 4.72 Å². The van der Waals surface area contributed by atoms with Crippen molar-refractivity contribution < 1.29 is 27.5 Å². The maximum atomic E-state index is 12.5. The third-order valence-corrected chi connectivity index (χ3v) is 5.78. The maximum Gasteiger partial charge on any atom is 0.326 e. The lowest BCUT2D eigenvalue weighted by molar-refractivity contribution is -0.129. The second-order valence-corrected chi connectivity index (χ2v) is 7.89. The van der Waals surface area contributed by atoms with Crippen LogP contribution in [0.15, 0.2) is 24.3 Å². The first-order chi connectivity index (χ1) is 11.8. The molecule has 3 amide bonds. The minimum absolute atomic E-state index is 0.0399. The van der Waals surface area contributed by atoms with Gasteiger partial charge in [-0.05, 0) is 12.1 Å². The van der Waals surface area contributed by atoms with Crippen molar-refractivity contribution in [3.63, 3.8) is 0 Å². The zero-order valence-electron chi connectivity index (χ0n) is 13.8. The van der Waals surface area contributed by atoms with Gasteiger partial charge < -0.3 is 14.4 Å². The smallest absolute Gasteiger partial charge is 0.326 e. The van der Waals surface area contributed by atoms with Crippen molar-refractivity contribution in [1.29, 1.82) is 0 Å². The van der Waals surface area contributed by atoms with Crippen molar-refractivity contribution in [2.75, 3.05) is 33.8 Å². The molecule has 0 radical (unpaired) electrons. The lowest BCUT2D eigenvalue weighted by Gasteiger charge is -2.34. The Hall–Kier alpha value is -2.33. The van der Waals surface area contributed by atoms with Crippen molar-refractivity contribution in [3.8, 4) is 11.5 Å². The molecule has 1 saturated heterocycles. The number of nitrogens with zero attached hydrogens (tertiary/aromatic N) is 2. The van der Waals surface area contributed by atoms with Crippen molar-refractivity contribution in [2.24, 2.45) is 0 Å². The number of urea groups is 1. The number of hydrogen-bond acceptors (Lipinski definition) is 6. The summed E-state index contributed by atoms with van der Waals surface area (Å²) in [5, 5.41) is -1.35. The van der Waals surface area contributed by atoms with Crippen molar-refractivity contribution in [2.45, 2.75) is 11.4 Å². The summed E-state index contributed by atoms with van der Waals surface area (Å²) in [6.45, 7) is -0.0412. The van der Waals surface area contributed by atoms with E-state index in [1.807, 2.05) is 6.07 Å². The lowest BCUT2D eigenvalue weighted by atomic mass is 10.2. The first-order valence-electron chi connectivity index (χ1n) is 7.69. The van der Waals surface area contributed by atoms with Crippen LogP contribution < -0.4 is 14.2 Å². The molecule has 0 aliphatic carbocycles. The van der Waals surface area contributed by atoms with Crippen LogP contribution in [0.1, 0.15) is 0 Å². The summed E-state index contributed by atoms with van der Waals surface area (Å²) in [6, 6.07) is 6.57. The number of carbonyl (C=O) groups is 2. The fourth-order valence-electron chi connectivity index (χ4n) is 2.68. The second-order valence-electron chi connectivity index (χ2n) is 5.94. The van der Waals surface area contributed by atoms with Crippen LogP contribution in [0.25, 0.3) is 0 Å². The number of ether oxygens (including phenoxy) is 2. The molecule has 0 bridgehead atoms. The molecule has 1 N–H and O–H groups in total. The number of carbonyl (C=O) groups excluding carboxylic acids is 2. The van der Waals surface area contributed by atoms with Crippen LogP contribution in [0, 0.1) is 0 Å². The number of rotatable bonds is 4. The van der Waals surface area contributed by atoms with Gasteiger partial charge in [-0.15, -0.1) is 0 Å². The Balaban J connectivity index is 1.65. The summed E-state index contributed by atoms with van der Waals surface area (Å²) in [6.07, 6.45) is -0.513. The monoisotopic (exact) mass is 369 g/mol. The Morgan fingerprint density at radius 3 is 2.60 bits per heavy atom. The quantitative estimate of drug-likeness (QED) is 0.777. The van der Waals surface area contributed by atoms with E-state index in [1.165, 1.54) is 19.0 Å². The van der Waals surface area contributed by atoms with Gasteiger partial charge in [0.1, 0.15) is 12.7 Å². The number of fused-ring (bicyclic) bond motifs is 1. The molecule has 0 saturated carbocycles. The molecule has 1 aromatic carbocycles. The van der Waals surface area contributed by atoms with Crippen molar-refractivity contribution in [3.05, 3.63) is 24.3 Å². The highest BCUT2D eigenvalue weighted by molar-refractivity contribution is 7.90. The zero-order valence-corrected chi connectivity index (χ0v) is 14.7. The number of para-hydroxylation sites is 2. The zero-order chi connectivity index (χ0) is 18.2. The van der Waals surface area contributed by atoms with E-state index in [0.717, 1.165) is 4.90 Å². The summed E-state index contributed by atoms with van der Waals surface area (Å²) in [4.78, 5) is 25.9. The minimum Gasteiger partial charge on any atom is -0.486 e. The van der Waals surface area contributed by atoms with Gasteiger partial charge in [0.25, 0.3) is 5.91 Å². The van der Waals surface area contributed by atoms with Gasteiger partial charge in [0.2, 0.25) is 10.0 Å². The topological polar surface area (TPSA) is 105 Å². The molecule has 9 nitrogen and oxygen atoms in total. The van der Waals surface area contributed by atoms with Gasteiger partial charge in [-0.1, -0.05) is 12.1 Å². The van der Waals surface area contributed by atoms with Crippen LogP contribution in [-0.4, -0.2) is 75.3 Å². The van der Waals surface area contributed by atoms with Gasteiger partial charge in [-0.25, -0.2) is 17.9 Å². The van der Waals surface area contributed by atoms with Crippen LogP contribution in [-0.2, 0) is 14.8 Å². The molecule has 2 aliphatic heterocycles. The molecule has 2 heterocycles. The number of benzene rings is 1. The minimum atomic E-state index is -3.97. The molecule has 2 atom stereocenters. The average Bonchev–Trinajstić information content (AvgIpc) is 2.61. The summed E-state index contributed by atoms with van der Waals surface area (Å²) in [7, 11) is -1.26. The first kappa shape index (κ1) is 17.5. The highest BCUT2D eigenvalue weighted by atomic mass is 32.2. The van der Waals surface area contributed by atoms with Crippen LogP contribution in [0.5, 0.6) is 11.5 Å². The molecule has 0 spiro atoms. The van der Waals surface area contributed by atoms with E-state index >= 15 is 0 Å². The molecule has 25 heavy (non-hydrogen) atoms. The highest BCUT2D eigenvalue weighted by Crippen LogP contribution is 2.30. The van der Waals surface area contributed by atoms with Crippen LogP contribution in [0.4, 0.5) is 4.79 Å². The summed E-state index contributed by atoms with van der Waals surface area (Å²) < 4.78 is 38.6. The largest absolute Gasteiger partial charge is 0.486 e. The number of amides is 3. The van der Waals surface area contributed by atoms with Crippen LogP contribution >= 0.6 is 0 Å². The highest BCUT2D eigenvalue weighted by Gasteiger charge is 2.43. The summed E-state index contributed by atoms with van der Waals surface area (Å²) >= 11 is 0. The molecule has 0 aromatic heterocycles. The fraction of sp³-hybridized carbons (Fsp3) is 0.467. The van der Waals surface area contributed by atoms with E-state index in [0.29, 0.717) is 11.5 Å². The van der Waals surface area contributed by atoms with Crippen molar-refractivity contribution in [1.82, 2.24) is 14.5 Å². The van der Waals surface area contributed by atoms with Gasteiger partial charge in [-0.2, -0.15) is 0 Å². The number of nitrogens with one attached hydrogen (secondary N) is 1. The Morgan fingerprint density at radius 1 is 1.20 bits per heavy atom. The van der Waals surface area contributed by atoms with E-state index < -0.39 is 33.3 Å². The Labute approximate surface area is 145 Å². The van der Waals surface area contributed by atoms with E-state index in [-0.39, 0.29) is 19.7 Å². The number of sulfonamides is 1. The molecule has 2 aliphatic rings. The third kappa shape index (κ3) is 3.40. The number of hydrogen-bond donors (Lipinski definition) is 1. The van der Waals surface area contributed by atoms with Gasteiger partial charge in [0.15, 0.2) is 16.7 Å². The molecule has 10 heteroatoms. The molecule has 1 fully saturated rings. The van der Waals surface area contributed by atoms with Gasteiger partial charge in [0.05, 0.1) is 6.54 Å². The molecule has 1 aromatic rings. The molecule has 3 rings (SSSR count). The van der Waals surface area contributed by atoms with E-state index in [1.54, 1.807) is 18.2 Å². The van der Waals surface area contributed by atoms with E-state index in [4.69, 9.17) is 9.47 Å². The molecular weight excluding hydrogens is 350 g/mol. The predicted octanol–water partition coefficient (Wildman–Crippen LogP) is -0.362. The Bertz CT molecular complexity index is 796. The van der Waals surface area contributed by atoms with Crippen LogP contribution in [0.3, 0.4) is 0 Å². The third-order valence-electron chi connectivity index (χ3n) is 4.11. The number of imide groups is 1.